The fraction of sp³-hybridized carbons (Fsp3) is 0.889. The molecule has 70 valence electrons. The summed E-state index contributed by atoms with van der Waals surface area (Å²) in [5, 5.41) is 0. The zero-order chi connectivity index (χ0) is 11.9. The summed E-state index contributed by atoms with van der Waals surface area (Å²) in [7, 11) is -1.14. The molecule has 3 heteroatoms. The third-order valence-corrected chi connectivity index (χ3v) is 5.40. The van der Waals surface area contributed by atoms with Crippen LogP contribution in [0.2, 0.25) is 25.2 Å². The normalized spacial score (nSPS) is 33.1. The van der Waals surface area contributed by atoms with E-state index in [1.807, 2.05) is 0 Å². The Morgan fingerprint density at radius 1 is 1.67 bits per heavy atom. The van der Waals surface area contributed by atoms with Gasteiger partial charge in [-0.3, -0.25) is 4.79 Å². The third-order valence-electron chi connectivity index (χ3n) is 2.46. The lowest BCUT2D eigenvalue weighted by Crippen LogP contribution is -2.21. The van der Waals surface area contributed by atoms with Crippen molar-refractivity contribution in [1.82, 2.24) is 0 Å². The quantitative estimate of drug-likeness (QED) is 0.503. The van der Waals surface area contributed by atoms with E-state index in [1.165, 1.54) is 0 Å². The summed E-state index contributed by atoms with van der Waals surface area (Å²) in [4.78, 5) is 11.0. The van der Waals surface area contributed by atoms with Gasteiger partial charge in [0.15, 0.2) is 0 Å². The molecule has 1 saturated carbocycles. The molecule has 0 unspecified atom stereocenters. The lowest BCUT2D eigenvalue weighted by atomic mass is 10.5. The fourth-order valence-electron chi connectivity index (χ4n) is 1.68. The van der Waals surface area contributed by atoms with Crippen LogP contribution >= 0.6 is 0 Å². The van der Waals surface area contributed by atoms with Crippen molar-refractivity contribution in [3.63, 3.8) is 0 Å². The molecule has 2 nitrogen and oxygen atoms in total. The minimum absolute atomic E-state index is 0.284. The van der Waals surface area contributed by atoms with Gasteiger partial charge in [0, 0.05) is 19.0 Å². The molecular formula is C9H18O2Si. The average Bonchev–Trinajstić information content (AvgIpc) is 2.75. The van der Waals surface area contributed by atoms with Crippen molar-refractivity contribution in [2.24, 2.45) is 5.92 Å². The van der Waals surface area contributed by atoms with Crippen LogP contribution in [0.3, 0.4) is 0 Å². The molecule has 2 atom stereocenters. The number of rotatable bonds is 3. The number of carbonyl (C=O) groups excluding carboxylic acids is 1. The van der Waals surface area contributed by atoms with Gasteiger partial charge in [-0.25, -0.2) is 0 Å². The predicted octanol–water partition coefficient (Wildman–Crippen LogP) is 2.28. The van der Waals surface area contributed by atoms with Crippen LogP contribution in [0.1, 0.15) is 17.4 Å². The van der Waals surface area contributed by atoms with Gasteiger partial charge in [0.25, 0.3) is 0 Å². The highest BCUT2D eigenvalue weighted by Gasteiger charge is 2.46. The van der Waals surface area contributed by atoms with Gasteiger partial charge in [-0.05, 0) is 17.9 Å². The maximum absolute atomic E-state index is 11.0. The first-order valence-corrected chi connectivity index (χ1v) is 7.87. The van der Waals surface area contributed by atoms with Crippen molar-refractivity contribution >= 4 is 14.0 Å². The van der Waals surface area contributed by atoms with Gasteiger partial charge in [0.1, 0.15) is 0 Å². The second-order valence-corrected chi connectivity index (χ2v) is 10.0. The molecule has 1 fully saturated rings. The number of ether oxygens (including phenoxy) is 1. The maximum atomic E-state index is 11.0. The number of hydrogen-bond acceptors (Lipinski definition) is 2. The van der Waals surface area contributed by atoms with Gasteiger partial charge in [-0.2, -0.15) is 0 Å². The first-order valence-electron chi connectivity index (χ1n) is 5.79. The Kier molecular flexibility index (Phi) is 1.65. The van der Waals surface area contributed by atoms with Crippen molar-refractivity contribution in [3.05, 3.63) is 0 Å². The summed E-state index contributed by atoms with van der Waals surface area (Å²) < 4.78 is 25.3. The Bertz CT molecular complexity index is 257. The standard InChI is InChI=1S/C9H18O2Si/c1-7(10)11-6-8-5-9(8)12(2,3)4/h8-9H,5-6H2,1-4H3/t8-,9+/m1/s1/i1D3. The highest BCUT2D eigenvalue weighted by molar-refractivity contribution is 6.78. The van der Waals surface area contributed by atoms with E-state index in [1.54, 1.807) is 0 Å². The molecular weight excluding hydrogens is 168 g/mol. The van der Waals surface area contributed by atoms with E-state index < -0.39 is 20.9 Å². The molecule has 0 aromatic carbocycles. The van der Waals surface area contributed by atoms with Crippen LogP contribution in [0.5, 0.6) is 0 Å². The molecule has 0 saturated heterocycles. The van der Waals surface area contributed by atoms with Crippen LogP contribution in [-0.2, 0) is 9.53 Å². The lowest BCUT2D eigenvalue weighted by Gasteiger charge is -2.15. The molecule has 0 aliphatic heterocycles. The van der Waals surface area contributed by atoms with Gasteiger partial charge < -0.3 is 4.74 Å². The molecule has 0 N–H and O–H groups in total. The molecule has 12 heavy (non-hydrogen) atoms. The van der Waals surface area contributed by atoms with Crippen LogP contribution < -0.4 is 0 Å². The first-order chi connectivity index (χ1) is 6.62. The second kappa shape index (κ2) is 3.21. The van der Waals surface area contributed by atoms with Crippen molar-refractivity contribution in [1.29, 1.82) is 0 Å². The Morgan fingerprint density at radius 3 is 2.75 bits per heavy atom. The van der Waals surface area contributed by atoms with Crippen molar-refractivity contribution in [2.45, 2.75) is 38.5 Å². The zero-order valence-corrected chi connectivity index (χ0v) is 8.89. The van der Waals surface area contributed by atoms with E-state index in [-0.39, 0.29) is 6.61 Å². The van der Waals surface area contributed by atoms with Crippen LogP contribution in [0, 0.1) is 5.92 Å². The smallest absolute Gasteiger partial charge is 0.302 e. The number of esters is 1. The Hall–Kier alpha value is -0.313. The Balaban J connectivity index is 2.28. The number of carbonyl (C=O) groups is 1. The van der Waals surface area contributed by atoms with Gasteiger partial charge in [-0.15, -0.1) is 0 Å². The van der Waals surface area contributed by atoms with E-state index in [9.17, 15) is 4.79 Å². The van der Waals surface area contributed by atoms with Crippen molar-refractivity contribution < 1.29 is 13.6 Å². The van der Waals surface area contributed by atoms with E-state index >= 15 is 0 Å². The SMILES string of the molecule is [2H]C([2H])([2H])C(=O)OC[C@H]1C[C@@H]1[Si](C)(C)C. The molecule has 1 aliphatic rings. The molecule has 0 spiro atoms. The predicted molar refractivity (Wildman–Crippen MR) is 51.8 cm³/mol. The molecule has 0 amide bonds. The largest absolute Gasteiger partial charge is 0.466 e. The van der Waals surface area contributed by atoms with Crippen LogP contribution in [0.4, 0.5) is 0 Å². The topological polar surface area (TPSA) is 26.3 Å². The van der Waals surface area contributed by atoms with Gasteiger partial charge in [-0.1, -0.05) is 19.6 Å². The van der Waals surface area contributed by atoms with Gasteiger partial charge in [0.05, 0.1) is 6.61 Å². The summed E-state index contributed by atoms with van der Waals surface area (Å²) in [5.74, 6) is -0.660. The van der Waals surface area contributed by atoms with E-state index in [0.29, 0.717) is 11.5 Å². The molecule has 0 aromatic rings. The van der Waals surface area contributed by atoms with Crippen LogP contribution in [-0.4, -0.2) is 20.7 Å². The lowest BCUT2D eigenvalue weighted by molar-refractivity contribution is -0.141. The molecule has 0 heterocycles. The molecule has 1 aliphatic carbocycles. The monoisotopic (exact) mass is 189 g/mol. The third kappa shape index (κ3) is 2.63. The minimum Gasteiger partial charge on any atom is -0.466 e. The molecule has 0 radical (unpaired) electrons. The zero-order valence-electron chi connectivity index (χ0n) is 10.9. The first kappa shape index (κ1) is 6.19. The molecule has 1 rings (SSSR count). The van der Waals surface area contributed by atoms with E-state index in [2.05, 4.69) is 19.6 Å². The second-order valence-electron chi connectivity index (χ2n) is 4.57. The van der Waals surface area contributed by atoms with E-state index in [0.717, 1.165) is 6.42 Å². The van der Waals surface area contributed by atoms with Crippen molar-refractivity contribution in [3.8, 4) is 0 Å². The van der Waals surface area contributed by atoms with Crippen LogP contribution in [0.15, 0.2) is 0 Å². The van der Waals surface area contributed by atoms with E-state index in [4.69, 9.17) is 8.85 Å². The van der Waals surface area contributed by atoms with Gasteiger partial charge >= 0.3 is 5.97 Å². The Labute approximate surface area is 79.5 Å². The fourth-order valence-corrected chi connectivity index (χ4v) is 4.20. The maximum Gasteiger partial charge on any atom is 0.302 e. The highest BCUT2D eigenvalue weighted by atomic mass is 28.3. The van der Waals surface area contributed by atoms with Crippen molar-refractivity contribution in [2.75, 3.05) is 6.61 Å². The minimum atomic E-state index is -2.61. The average molecular weight is 189 g/mol. The molecule has 0 aromatic heterocycles. The number of hydrogen-bond donors (Lipinski definition) is 0. The summed E-state index contributed by atoms with van der Waals surface area (Å²) in [6.07, 6.45) is 1.09. The highest BCUT2D eigenvalue weighted by Crippen LogP contribution is 2.51. The summed E-state index contributed by atoms with van der Waals surface area (Å²) in [5.41, 5.74) is 0.682. The summed E-state index contributed by atoms with van der Waals surface area (Å²) in [6, 6.07) is 0. The van der Waals surface area contributed by atoms with Gasteiger partial charge in [0.2, 0.25) is 0 Å². The van der Waals surface area contributed by atoms with Crippen LogP contribution in [0.25, 0.3) is 0 Å². The molecule has 0 bridgehead atoms. The Morgan fingerprint density at radius 2 is 2.33 bits per heavy atom. The summed E-state index contributed by atoms with van der Waals surface area (Å²) >= 11 is 0. The summed E-state index contributed by atoms with van der Waals surface area (Å²) in [6.45, 7) is 4.52.